The lowest BCUT2D eigenvalue weighted by molar-refractivity contribution is 0.303. The number of rotatable bonds is 4. The van der Waals surface area contributed by atoms with E-state index in [4.69, 9.17) is 10.00 Å². The zero-order valence-electron chi connectivity index (χ0n) is 10.7. The highest BCUT2D eigenvalue weighted by molar-refractivity contribution is 9.08. The summed E-state index contributed by atoms with van der Waals surface area (Å²) in [4.78, 5) is 0. The minimum Gasteiger partial charge on any atom is -0.489 e. The number of benzene rings is 2. The minimum absolute atomic E-state index is 0.515. The second-order valence-corrected chi connectivity index (χ2v) is 4.84. The van der Waals surface area contributed by atoms with E-state index in [1.54, 1.807) is 0 Å². The first-order valence-corrected chi connectivity index (χ1v) is 7.13. The number of hydrogen-bond acceptors (Lipinski definition) is 2. The molecule has 0 aliphatic heterocycles. The molecule has 0 atom stereocenters. The number of halogens is 1. The van der Waals surface area contributed by atoms with Crippen molar-refractivity contribution < 1.29 is 4.74 Å². The van der Waals surface area contributed by atoms with Gasteiger partial charge in [0.2, 0.25) is 0 Å². The number of alkyl halides is 1. The Morgan fingerprint density at radius 2 is 1.95 bits per heavy atom. The van der Waals surface area contributed by atoms with E-state index < -0.39 is 0 Å². The van der Waals surface area contributed by atoms with Crippen LogP contribution in [0.3, 0.4) is 0 Å². The normalized spacial score (nSPS) is 9.95. The van der Waals surface area contributed by atoms with E-state index >= 15 is 0 Å². The highest BCUT2D eigenvalue weighted by Crippen LogP contribution is 2.22. The standard InChI is InChI=1S/C16H14BrNO/c1-12-8-13(10-18)6-7-15(12)11-19-16-5-3-2-4-14(16)9-17/h2-8H,9,11H2,1H3. The van der Waals surface area contributed by atoms with Gasteiger partial charge in [0.15, 0.2) is 0 Å². The summed E-state index contributed by atoms with van der Waals surface area (Å²) in [5.74, 6) is 0.892. The largest absolute Gasteiger partial charge is 0.489 e. The van der Waals surface area contributed by atoms with Crippen LogP contribution >= 0.6 is 15.9 Å². The van der Waals surface area contributed by atoms with Gasteiger partial charge in [-0.2, -0.15) is 5.26 Å². The summed E-state index contributed by atoms with van der Waals surface area (Å²) in [6.45, 7) is 2.51. The maximum absolute atomic E-state index is 8.84. The Hall–Kier alpha value is -1.79. The fourth-order valence-corrected chi connectivity index (χ4v) is 2.30. The van der Waals surface area contributed by atoms with Crippen LogP contribution in [0.4, 0.5) is 0 Å². The van der Waals surface area contributed by atoms with Gasteiger partial charge >= 0.3 is 0 Å². The number of aryl methyl sites for hydroxylation is 1. The lowest BCUT2D eigenvalue weighted by Crippen LogP contribution is -2.00. The second kappa shape index (κ2) is 6.40. The summed E-state index contributed by atoms with van der Waals surface area (Å²) in [6, 6.07) is 15.8. The van der Waals surface area contributed by atoms with Crippen molar-refractivity contribution >= 4 is 15.9 Å². The number of nitrogens with zero attached hydrogens (tertiary/aromatic N) is 1. The van der Waals surface area contributed by atoms with Crippen LogP contribution in [0.2, 0.25) is 0 Å². The molecule has 19 heavy (non-hydrogen) atoms. The molecule has 0 unspecified atom stereocenters. The number of ether oxygens (including phenoxy) is 1. The molecule has 2 aromatic rings. The Balaban J connectivity index is 2.13. The van der Waals surface area contributed by atoms with E-state index in [0.29, 0.717) is 12.2 Å². The van der Waals surface area contributed by atoms with Crippen molar-refractivity contribution in [1.29, 1.82) is 5.26 Å². The van der Waals surface area contributed by atoms with E-state index in [1.165, 1.54) is 0 Å². The molecule has 0 radical (unpaired) electrons. The first-order valence-electron chi connectivity index (χ1n) is 6.01. The average Bonchev–Trinajstić information content (AvgIpc) is 2.46. The van der Waals surface area contributed by atoms with Crippen LogP contribution < -0.4 is 4.74 Å². The number of para-hydroxylation sites is 1. The van der Waals surface area contributed by atoms with Gasteiger partial charge in [-0.15, -0.1) is 0 Å². The maximum atomic E-state index is 8.84. The van der Waals surface area contributed by atoms with Gasteiger partial charge in [-0.1, -0.05) is 40.2 Å². The van der Waals surface area contributed by atoms with E-state index in [0.717, 1.165) is 27.8 Å². The summed E-state index contributed by atoms with van der Waals surface area (Å²) in [6.07, 6.45) is 0. The van der Waals surface area contributed by atoms with Gasteiger partial charge in [0.05, 0.1) is 11.6 Å². The molecule has 0 N–H and O–H groups in total. The molecule has 96 valence electrons. The van der Waals surface area contributed by atoms with E-state index in [-0.39, 0.29) is 0 Å². The van der Waals surface area contributed by atoms with Crippen LogP contribution in [0.1, 0.15) is 22.3 Å². The molecule has 3 heteroatoms. The quantitative estimate of drug-likeness (QED) is 0.786. The average molecular weight is 316 g/mol. The van der Waals surface area contributed by atoms with Crippen LogP contribution in [0.15, 0.2) is 42.5 Å². The van der Waals surface area contributed by atoms with Gasteiger partial charge in [-0.3, -0.25) is 0 Å². The minimum atomic E-state index is 0.515. The summed E-state index contributed by atoms with van der Waals surface area (Å²) in [5, 5.41) is 9.62. The predicted molar refractivity (Wildman–Crippen MR) is 79.3 cm³/mol. The SMILES string of the molecule is Cc1cc(C#N)ccc1COc1ccccc1CBr. The van der Waals surface area contributed by atoms with Gasteiger partial charge in [0.1, 0.15) is 12.4 Å². The highest BCUT2D eigenvalue weighted by atomic mass is 79.9. The molecule has 2 aromatic carbocycles. The molecule has 0 aromatic heterocycles. The first kappa shape index (κ1) is 13.6. The van der Waals surface area contributed by atoms with Gasteiger partial charge in [0.25, 0.3) is 0 Å². The van der Waals surface area contributed by atoms with Gasteiger partial charge in [0, 0.05) is 10.9 Å². The van der Waals surface area contributed by atoms with Crippen molar-refractivity contribution in [3.63, 3.8) is 0 Å². The predicted octanol–water partition coefficient (Wildman–Crippen LogP) is 4.34. The molecule has 0 saturated carbocycles. The van der Waals surface area contributed by atoms with Gasteiger partial charge < -0.3 is 4.74 Å². The lowest BCUT2D eigenvalue weighted by Gasteiger charge is -2.11. The van der Waals surface area contributed by atoms with Crippen molar-refractivity contribution in [3.8, 4) is 11.8 Å². The first-order chi connectivity index (χ1) is 9.24. The molecule has 0 aliphatic carbocycles. The van der Waals surface area contributed by atoms with E-state index in [2.05, 4.69) is 22.0 Å². The number of hydrogen-bond donors (Lipinski definition) is 0. The molecule has 0 amide bonds. The van der Waals surface area contributed by atoms with Crippen LogP contribution in [0.5, 0.6) is 5.75 Å². The molecule has 0 aliphatic rings. The zero-order valence-corrected chi connectivity index (χ0v) is 12.3. The fourth-order valence-electron chi connectivity index (χ4n) is 1.84. The fraction of sp³-hybridized carbons (Fsp3) is 0.188. The van der Waals surface area contributed by atoms with Crippen molar-refractivity contribution in [2.24, 2.45) is 0 Å². The Morgan fingerprint density at radius 3 is 2.63 bits per heavy atom. The molecular formula is C16H14BrNO. The third-order valence-corrected chi connectivity index (χ3v) is 3.58. The maximum Gasteiger partial charge on any atom is 0.123 e. The molecule has 2 nitrogen and oxygen atoms in total. The van der Waals surface area contributed by atoms with Crippen LogP contribution in [-0.4, -0.2) is 0 Å². The summed E-state index contributed by atoms with van der Waals surface area (Å²) < 4.78 is 5.86. The lowest BCUT2D eigenvalue weighted by atomic mass is 10.1. The third kappa shape index (κ3) is 3.36. The van der Waals surface area contributed by atoms with Crippen molar-refractivity contribution in [3.05, 3.63) is 64.7 Å². The Kier molecular flexibility index (Phi) is 4.59. The van der Waals surface area contributed by atoms with Crippen molar-refractivity contribution in [2.75, 3.05) is 0 Å². The van der Waals surface area contributed by atoms with Crippen molar-refractivity contribution in [1.82, 2.24) is 0 Å². The Bertz CT molecular complexity index is 616. The van der Waals surface area contributed by atoms with E-state index in [1.807, 2.05) is 49.4 Å². The molecule has 0 spiro atoms. The monoisotopic (exact) mass is 315 g/mol. The molecule has 0 fully saturated rings. The molecular weight excluding hydrogens is 302 g/mol. The molecule has 0 saturated heterocycles. The Labute approximate surface area is 121 Å². The smallest absolute Gasteiger partial charge is 0.123 e. The van der Waals surface area contributed by atoms with Crippen LogP contribution in [0.25, 0.3) is 0 Å². The van der Waals surface area contributed by atoms with Gasteiger partial charge in [-0.25, -0.2) is 0 Å². The highest BCUT2D eigenvalue weighted by Gasteiger charge is 2.04. The Morgan fingerprint density at radius 1 is 1.16 bits per heavy atom. The summed E-state index contributed by atoms with van der Waals surface area (Å²) in [5.41, 5.74) is 4.00. The second-order valence-electron chi connectivity index (χ2n) is 4.28. The topological polar surface area (TPSA) is 33.0 Å². The third-order valence-electron chi connectivity index (χ3n) is 2.97. The number of nitriles is 1. The zero-order chi connectivity index (χ0) is 13.7. The van der Waals surface area contributed by atoms with Gasteiger partial charge in [-0.05, 0) is 36.2 Å². The van der Waals surface area contributed by atoms with E-state index in [9.17, 15) is 0 Å². The summed E-state index contributed by atoms with van der Waals surface area (Å²) in [7, 11) is 0. The molecule has 0 bridgehead atoms. The van der Waals surface area contributed by atoms with Crippen molar-refractivity contribution in [2.45, 2.75) is 18.9 Å². The molecule has 2 rings (SSSR count). The van der Waals surface area contributed by atoms with Crippen LogP contribution in [-0.2, 0) is 11.9 Å². The summed E-state index contributed by atoms with van der Waals surface area (Å²) >= 11 is 3.45. The van der Waals surface area contributed by atoms with Crippen LogP contribution in [0, 0.1) is 18.3 Å². The molecule has 0 heterocycles.